The highest BCUT2D eigenvalue weighted by Gasteiger charge is 2.21. The zero-order valence-electron chi connectivity index (χ0n) is 15.2. The number of rotatable bonds is 6. The first-order valence-electron chi connectivity index (χ1n) is 8.44. The van der Waals surface area contributed by atoms with Crippen molar-refractivity contribution in [1.29, 1.82) is 0 Å². The van der Waals surface area contributed by atoms with Gasteiger partial charge in [-0.15, -0.1) is 0 Å². The fraction of sp³-hybridized carbons (Fsp3) is 0.143. The molecule has 0 saturated carbocycles. The molecule has 0 radical (unpaired) electrons. The van der Waals surface area contributed by atoms with Crippen molar-refractivity contribution in [2.24, 2.45) is 0 Å². The number of hydrogen-bond donors (Lipinski definition) is 0. The molecule has 2 aromatic carbocycles. The van der Waals surface area contributed by atoms with E-state index in [1.165, 1.54) is 11.2 Å². The maximum atomic E-state index is 12.9. The van der Waals surface area contributed by atoms with Crippen LogP contribution in [0.4, 0.5) is 0 Å². The molecule has 0 bridgehead atoms. The fourth-order valence-electron chi connectivity index (χ4n) is 2.77. The SMILES string of the molecule is CC(=O)c1cccc(-c2cccc(S(=O)(=O)N(C)Cc3cccnc3)c2)c1. The van der Waals surface area contributed by atoms with Crippen LogP contribution in [-0.2, 0) is 16.6 Å². The first-order chi connectivity index (χ1) is 12.9. The predicted molar refractivity (Wildman–Crippen MR) is 105 cm³/mol. The Labute approximate surface area is 159 Å². The summed E-state index contributed by atoms with van der Waals surface area (Å²) in [6, 6.07) is 17.5. The third-order valence-electron chi connectivity index (χ3n) is 4.27. The van der Waals surface area contributed by atoms with Crippen molar-refractivity contribution in [2.45, 2.75) is 18.4 Å². The number of sulfonamides is 1. The Hall–Kier alpha value is -2.83. The maximum Gasteiger partial charge on any atom is 0.243 e. The zero-order chi connectivity index (χ0) is 19.4. The first-order valence-corrected chi connectivity index (χ1v) is 9.88. The van der Waals surface area contributed by atoms with Crippen LogP contribution < -0.4 is 0 Å². The molecule has 1 heterocycles. The van der Waals surface area contributed by atoms with E-state index in [0.717, 1.165) is 16.7 Å². The Balaban J connectivity index is 1.92. The minimum absolute atomic E-state index is 0.0307. The molecule has 0 spiro atoms. The number of carbonyl (C=O) groups excluding carboxylic acids is 1. The van der Waals surface area contributed by atoms with Gasteiger partial charge in [0.15, 0.2) is 5.78 Å². The highest BCUT2D eigenvalue weighted by atomic mass is 32.2. The van der Waals surface area contributed by atoms with E-state index in [-0.39, 0.29) is 17.2 Å². The summed E-state index contributed by atoms with van der Waals surface area (Å²) in [7, 11) is -2.11. The third kappa shape index (κ3) is 4.30. The van der Waals surface area contributed by atoms with Crippen LogP contribution >= 0.6 is 0 Å². The molecular formula is C21H20N2O3S. The summed E-state index contributed by atoms with van der Waals surface area (Å²) < 4.78 is 27.2. The van der Waals surface area contributed by atoms with Crippen molar-refractivity contribution < 1.29 is 13.2 Å². The van der Waals surface area contributed by atoms with Gasteiger partial charge in [-0.25, -0.2) is 8.42 Å². The molecule has 0 saturated heterocycles. The van der Waals surface area contributed by atoms with E-state index in [2.05, 4.69) is 4.98 Å². The molecule has 0 aliphatic heterocycles. The van der Waals surface area contributed by atoms with Gasteiger partial charge < -0.3 is 0 Å². The lowest BCUT2D eigenvalue weighted by Crippen LogP contribution is -2.26. The van der Waals surface area contributed by atoms with Crippen LogP contribution in [0, 0.1) is 0 Å². The summed E-state index contributed by atoms with van der Waals surface area (Å²) in [4.78, 5) is 15.8. The normalized spacial score (nSPS) is 11.5. The van der Waals surface area contributed by atoms with Crippen LogP contribution in [0.25, 0.3) is 11.1 Å². The molecule has 138 valence electrons. The van der Waals surface area contributed by atoms with E-state index in [0.29, 0.717) is 5.56 Å². The summed E-state index contributed by atoms with van der Waals surface area (Å²) >= 11 is 0. The number of pyridine rings is 1. The van der Waals surface area contributed by atoms with Crippen molar-refractivity contribution >= 4 is 15.8 Å². The van der Waals surface area contributed by atoms with Crippen LogP contribution in [-0.4, -0.2) is 30.5 Å². The van der Waals surface area contributed by atoms with E-state index in [1.54, 1.807) is 61.9 Å². The number of nitrogens with zero attached hydrogens (tertiary/aromatic N) is 2. The fourth-order valence-corrected chi connectivity index (χ4v) is 3.97. The van der Waals surface area contributed by atoms with Gasteiger partial charge in [-0.05, 0) is 47.9 Å². The minimum Gasteiger partial charge on any atom is -0.295 e. The van der Waals surface area contributed by atoms with E-state index < -0.39 is 10.0 Å². The van der Waals surface area contributed by atoms with Crippen LogP contribution in [0.1, 0.15) is 22.8 Å². The Kier molecular flexibility index (Phi) is 5.48. The second kappa shape index (κ2) is 7.82. The molecule has 0 aliphatic carbocycles. The van der Waals surface area contributed by atoms with Crippen molar-refractivity contribution in [3.63, 3.8) is 0 Å². The van der Waals surface area contributed by atoms with Crippen molar-refractivity contribution in [1.82, 2.24) is 9.29 Å². The Morgan fingerprint density at radius 3 is 2.37 bits per heavy atom. The predicted octanol–water partition coefficient (Wildman–Crippen LogP) is 3.77. The lowest BCUT2D eigenvalue weighted by atomic mass is 10.0. The second-order valence-electron chi connectivity index (χ2n) is 6.29. The van der Waals surface area contributed by atoms with Crippen LogP contribution in [0.15, 0.2) is 78.0 Å². The van der Waals surface area contributed by atoms with Gasteiger partial charge in [-0.1, -0.05) is 36.4 Å². The smallest absolute Gasteiger partial charge is 0.243 e. The van der Waals surface area contributed by atoms with Crippen LogP contribution in [0.2, 0.25) is 0 Å². The van der Waals surface area contributed by atoms with Gasteiger partial charge in [0.2, 0.25) is 10.0 Å². The molecule has 5 nitrogen and oxygen atoms in total. The molecule has 0 N–H and O–H groups in total. The van der Waals surface area contributed by atoms with Gasteiger partial charge in [0.25, 0.3) is 0 Å². The molecule has 0 fully saturated rings. The maximum absolute atomic E-state index is 12.9. The van der Waals surface area contributed by atoms with E-state index in [9.17, 15) is 13.2 Å². The van der Waals surface area contributed by atoms with E-state index >= 15 is 0 Å². The van der Waals surface area contributed by atoms with Crippen LogP contribution in [0.5, 0.6) is 0 Å². The molecule has 3 aromatic rings. The average molecular weight is 380 g/mol. The summed E-state index contributed by atoms with van der Waals surface area (Å²) in [5.41, 5.74) is 2.95. The lowest BCUT2D eigenvalue weighted by Gasteiger charge is -2.17. The number of carbonyl (C=O) groups is 1. The van der Waals surface area contributed by atoms with Crippen molar-refractivity contribution in [2.75, 3.05) is 7.05 Å². The molecule has 0 aliphatic rings. The first kappa shape index (κ1) is 18.9. The molecular weight excluding hydrogens is 360 g/mol. The number of aromatic nitrogens is 1. The van der Waals surface area contributed by atoms with Gasteiger partial charge in [0.05, 0.1) is 4.90 Å². The molecule has 0 atom stereocenters. The summed E-state index contributed by atoms with van der Waals surface area (Å²) in [5, 5.41) is 0. The topological polar surface area (TPSA) is 67.3 Å². The molecule has 3 rings (SSSR count). The number of benzene rings is 2. The number of hydrogen-bond acceptors (Lipinski definition) is 4. The molecule has 0 unspecified atom stereocenters. The van der Waals surface area contributed by atoms with Gasteiger partial charge >= 0.3 is 0 Å². The molecule has 27 heavy (non-hydrogen) atoms. The summed E-state index contributed by atoms with van der Waals surface area (Å²) in [6.07, 6.45) is 3.30. The van der Waals surface area contributed by atoms with E-state index in [4.69, 9.17) is 0 Å². The van der Waals surface area contributed by atoms with Gasteiger partial charge in [0.1, 0.15) is 0 Å². The average Bonchev–Trinajstić information content (AvgIpc) is 2.69. The van der Waals surface area contributed by atoms with E-state index in [1.807, 2.05) is 18.2 Å². The largest absolute Gasteiger partial charge is 0.295 e. The standard InChI is InChI=1S/C21H20N2O3S/c1-16(24)18-7-3-8-19(12-18)20-9-4-10-21(13-20)27(25,26)23(2)15-17-6-5-11-22-14-17/h3-14H,15H2,1-2H3. The Bertz CT molecular complexity index is 1060. The highest BCUT2D eigenvalue weighted by molar-refractivity contribution is 7.89. The van der Waals surface area contributed by atoms with Crippen molar-refractivity contribution in [3.05, 3.63) is 84.2 Å². The minimum atomic E-state index is -3.66. The van der Waals surface area contributed by atoms with Gasteiger partial charge in [-0.2, -0.15) is 4.31 Å². The molecule has 6 heteroatoms. The van der Waals surface area contributed by atoms with Crippen molar-refractivity contribution in [3.8, 4) is 11.1 Å². The Morgan fingerprint density at radius 2 is 1.70 bits per heavy atom. The van der Waals surface area contributed by atoms with Crippen LogP contribution in [0.3, 0.4) is 0 Å². The summed E-state index contributed by atoms with van der Waals surface area (Å²) in [5.74, 6) is -0.0307. The number of Topliss-reactive ketones (excluding diaryl/α,β-unsaturated/α-hetero) is 1. The monoisotopic (exact) mass is 380 g/mol. The highest BCUT2D eigenvalue weighted by Crippen LogP contribution is 2.25. The third-order valence-corrected chi connectivity index (χ3v) is 6.07. The molecule has 0 amide bonds. The molecule has 1 aromatic heterocycles. The number of ketones is 1. The van der Waals surface area contributed by atoms with Gasteiger partial charge in [0, 0.05) is 31.5 Å². The van der Waals surface area contributed by atoms with Gasteiger partial charge in [-0.3, -0.25) is 9.78 Å². The lowest BCUT2D eigenvalue weighted by molar-refractivity contribution is 0.101. The quantitative estimate of drug-likeness (QED) is 0.611. The Morgan fingerprint density at radius 1 is 1.00 bits per heavy atom. The second-order valence-corrected chi connectivity index (χ2v) is 8.33. The summed E-state index contributed by atoms with van der Waals surface area (Å²) in [6.45, 7) is 1.74. The zero-order valence-corrected chi connectivity index (χ0v) is 16.0.